The van der Waals surface area contributed by atoms with Gasteiger partial charge >= 0.3 is 0 Å². The van der Waals surface area contributed by atoms with E-state index in [4.69, 9.17) is 27.5 Å². The smallest absolute Gasteiger partial charge is 0.194 e. The van der Waals surface area contributed by atoms with Crippen molar-refractivity contribution in [1.82, 2.24) is 0 Å². The third-order valence-electron chi connectivity index (χ3n) is 3.89. The topological polar surface area (TPSA) is 118 Å². The van der Waals surface area contributed by atoms with E-state index in [-0.39, 0.29) is 28.9 Å². The van der Waals surface area contributed by atoms with Crippen LogP contribution in [0.25, 0.3) is 0 Å². The number of hydrogen-bond donors (Lipinski definition) is 0. The zero-order valence-electron chi connectivity index (χ0n) is 19.8. The highest BCUT2D eigenvalue weighted by atomic mass is 16.5. The minimum absolute atomic E-state index is 0.0626. The number of carbonyl (C=O) groups is 3. The molecule has 0 aromatic carbocycles. The molecule has 0 atom stereocenters. The van der Waals surface area contributed by atoms with Gasteiger partial charge in [0.05, 0.1) is 0 Å². The minimum Gasteiger partial charge on any atom is -0.461 e. The summed E-state index contributed by atoms with van der Waals surface area (Å²) < 4.78 is 29.9. The van der Waals surface area contributed by atoms with Gasteiger partial charge < -0.3 is 27.5 Å². The van der Waals surface area contributed by atoms with E-state index in [2.05, 4.69) is 0 Å². The Balaban J connectivity index is 0.000000247. The molecule has 0 fully saturated rings. The van der Waals surface area contributed by atoms with Crippen molar-refractivity contribution >= 4 is 17.3 Å². The molecule has 0 aliphatic heterocycles. The van der Waals surface area contributed by atoms with E-state index in [1.807, 2.05) is 12.1 Å². The highest BCUT2D eigenvalue weighted by Crippen LogP contribution is 2.10. The van der Waals surface area contributed by atoms with Gasteiger partial charge in [-0.25, -0.2) is 0 Å². The molecule has 0 bridgehead atoms. The number of ether oxygens (including phenoxy) is 3. The number of Topliss-reactive ketones (excluding diaryl/α,β-unsaturated/α-hetero) is 3. The van der Waals surface area contributed by atoms with Crippen LogP contribution >= 0.6 is 0 Å². The summed E-state index contributed by atoms with van der Waals surface area (Å²) in [6, 6.07) is 10.2. The van der Waals surface area contributed by atoms with E-state index >= 15 is 0 Å². The first-order valence-electron chi connectivity index (χ1n) is 9.97. The highest BCUT2D eigenvalue weighted by Gasteiger charge is 2.08. The average Bonchev–Trinajstić information content (AvgIpc) is 3.51. The lowest BCUT2D eigenvalue weighted by Gasteiger charge is -1.93. The molecule has 0 saturated heterocycles. The van der Waals surface area contributed by atoms with E-state index in [1.54, 1.807) is 33.5 Å². The van der Waals surface area contributed by atoms with Crippen LogP contribution in [0.2, 0.25) is 0 Å². The molecular formula is C24H30O9. The van der Waals surface area contributed by atoms with Crippen LogP contribution in [0, 0.1) is 0 Å². The van der Waals surface area contributed by atoms with Crippen LogP contribution in [0.1, 0.15) is 69.7 Å². The molecule has 0 N–H and O–H groups in total. The molecule has 0 radical (unpaired) electrons. The first kappa shape index (κ1) is 27.8. The van der Waals surface area contributed by atoms with Gasteiger partial charge in [-0.3, -0.25) is 14.4 Å². The van der Waals surface area contributed by atoms with E-state index in [9.17, 15) is 14.4 Å². The Labute approximate surface area is 192 Å². The van der Waals surface area contributed by atoms with Gasteiger partial charge in [0.25, 0.3) is 0 Å². The summed E-state index contributed by atoms with van der Waals surface area (Å²) in [7, 11) is 4.85. The summed E-state index contributed by atoms with van der Waals surface area (Å²) in [6.07, 6.45) is 0. The van der Waals surface area contributed by atoms with Crippen LogP contribution in [-0.4, -0.2) is 38.7 Å². The van der Waals surface area contributed by atoms with Crippen LogP contribution in [0.3, 0.4) is 0 Å². The quantitative estimate of drug-likeness (QED) is 0.410. The van der Waals surface area contributed by atoms with Crippen LogP contribution in [0.4, 0.5) is 0 Å². The summed E-state index contributed by atoms with van der Waals surface area (Å²) in [6.45, 7) is 5.70. The number of ketones is 3. The maximum Gasteiger partial charge on any atom is 0.194 e. The van der Waals surface area contributed by atoms with Crippen molar-refractivity contribution in [3.8, 4) is 0 Å². The number of furan rings is 3. The van der Waals surface area contributed by atoms with Gasteiger partial charge in [-0.1, -0.05) is 0 Å². The van der Waals surface area contributed by atoms with Crippen molar-refractivity contribution in [3.63, 3.8) is 0 Å². The van der Waals surface area contributed by atoms with Crippen LogP contribution in [-0.2, 0) is 34.0 Å². The summed E-state index contributed by atoms with van der Waals surface area (Å²) in [5.41, 5.74) is 0. The molecule has 0 saturated carbocycles. The van der Waals surface area contributed by atoms with Gasteiger partial charge in [0.2, 0.25) is 0 Å². The monoisotopic (exact) mass is 462 g/mol. The van der Waals surface area contributed by atoms with Gasteiger partial charge in [-0.2, -0.15) is 0 Å². The molecule has 9 nitrogen and oxygen atoms in total. The minimum atomic E-state index is -0.169. The molecule has 3 heterocycles. The van der Waals surface area contributed by atoms with E-state index < -0.39 is 0 Å². The van der Waals surface area contributed by atoms with E-state index in [1.165, 1.54) is 32.9 Å². The third-order valence-corrected chi connectivity index (χ3v) is 3.89. The molecule has 9 heteroatoms. The zero-order valence-corrected chi connectivity index (χ0v) is 19.8. The standard InChI is InChI=1S/C8H12O3.C8H10O3.C8H8O3/c1-9-5-7-3-4-8(11-7)6-10-2;1-6(9)8-4-3-7(11-8)5-10-2;1-5(9)7-3-4-8(11-7)6(2)10/h3-4H,5-6H2,1-2H3;3-4H,5H2,1-2H3;3-4H,1-2H3. The SMILES string of the molecule is CC(=O)c1ccc(C(C)=O)o1.COCc1ccc(C(C)=O)o1.COCc1ccc(COC)o1. The molecule has 0 unspecified atom stereocenters. The van der Waals surface area contributed by atoms with Crippen molar-refractivity contribution in [3.05, 3.63) is 71.0 Å². The van der Waals surface area contributed by atoms with E-state index in [0.717, 1.165) is 11.5 Å². The normalized spacial score (nSPS) is 10.0. The number of rotatable bonds is 9. The van der Waals surface area contributed by atoms with Crippen LogP contribution in [0.15, 0.2) is 49.6 Å². The van der Waals surface area contributed by atoms with Crippen LogP contribution < -0.4 is 0 Å². The fourth-order valence-electron chi connectivity index (χ4n) is 2.37. The fourth-order valence-corrected chi connectivity index (χ4v) is 2.37. The summed E-state index contributed by atoms with van der Waals surface area (Å²) in [4.78, 5) is 32.1. The van der Waals surface area contributed by atoms with Gasteiger partial charge in [-0.15, -0.1) is 0 Å². The van der Waals surface area contributed by atoms with Crippen molar-refractivity contribution in [2.75, 3.05) is 21.3 Å². The Kier molecular flexibility index (Phi) is 12.4. The van der Waals surface area contributed by atoms with Gasteiger partial charge in [0.1, 0.15) is 37.1 Å². The second-order valence-corrected chi connectivity index (χ2v) is 6.77. The van der Waals surface area contributed by atoms with Crippen LogP contribution in [0.5, 0.6) is 0 Å². The van der Waals surface area contributed by atoms with Gasteiger partial charge in [0.15, 0.2) is 34.6 Å². The number of carbonyl (C=O) groups excluding carboxylic acids is 3. The Morgan fingerprint density at radius 3 is 1.15 bits per heavy atom. The Hall–Kier alpha value is -3.27. The average molecular weight is 462 g/mol. The van der Waals surface area contributed by atoms with E-state index in [0.29, 0.717) is 31.3 Å². The molecule has 180 valence electrons. The van der Waals surface area contributed by atoms with Crippen molar-refractivity contribution in [1.29, 1.82) is 0 Å². The second kappa shape index (κ2) is 14.7. The lowest BCUT2D eigenvalue weighted by molar-refractivity contribution is 0.0959. The Morgan fingerprint density at radius 1 is 0.545 bits per heavy atom. The zero-order chi connectivity index (χ0) is 24.8. The largest absolute Gasteiger partial charge is 0.461 e. The lowest BCUT2D eigenvalue weighted by Crippen LogP contribution is -1.89. The van der Waals surface area contributed by atoms with Crippen molar-refractivity contribution < 1.29 is 41.8 Å². The first-order chi connectivity index (χ1) is 15.7. The third kappa shape index (κ3) is 10.3. The molecule has 33 heavy (non-hydrogen) atoms. The van der Waals surface area contributed by atoms with Crippen molar-refractivity contribution in [2.24, 2.45) is 0 Å². The number of hydrogen-bond acceptors (Lipinski definition) is 9. The van der Waals surface area contributed by atoms with Gasteiger partial charge in [0, 0.05) is 42.1 Å². The summed E-state index contributed by atoms with van der Waals surface area (Å²) in [5, 5.41) is 0. The Bertz CT molecular complexity index is 958. The lowest BCUT2D eigenvalue weighted by atomic mass is 10.3. The molecular weight excluding hydrogens is 432 g/mol. The molecule has 0 amide bonds. The predicted octanol–water partition coefficient (Wildman–Crippen LogP) is 4.89. The maximum absolute atomic E-state index is 10.7. The van der Waals surface area contributed by atoms with Gasteiger partial charge in [-0.05, 0) is 36.4 Å². The highest BCUT2D eigenvalue weighted by molar-refractivity contribution is 5.95. The molecule has 0 spiro atoms. The van der Waals surface area contributed by atoms with Crippen molar-refractivity contribution in [2.45, 2.75) is 40.6 Å². The molecule has 3 rings (SSSR count). The molecule has 0 aliphatic rings. The first-order valence-corrected chi connectivity index (χ1v) is 9.97. The summed E-state index contributed by atoms with van der Waals surface area (Å²) in [5.74, 6) is 2.79. The predicted molar refractivity (Wildman–Crippen MR) is 118 cm³/mol. The molecule has 0 aliphatic carbocycles. The fraction of sp³-hybridized carbons (Fsp3) is 0.375. The second-order valence-electron chi connectivity index (χ2n) is 6.77. The molecule has 3 aromatic heterocycles. The number of methoxy groups -OCH3 is 3. The molecule has 3 aromatic rings. The maximum atomic E-state index is 10.7. The summed E-state index contributed by atoms with van der Waals surface area (Å²) >= 11 is 0. The Morgan fingerprint density at radius 2 is 0.848 bits per heavy atom.